The van der Waals surface area contributed by atoms with E-state index in [1.165, 1.54) is 5.56 Å². The first-order chi connectivity index (χ1) is 8.08. The standard InChI is InChI=1S/C13H20N4/c1-9(2)11(4)7-14-12-5-10(3)6-13-15-8-16-17(12)13/h5-6,8-9,11,14H,7H2,1-4H3. The van der Waals surface area contributed by atoms with E-state index in [9.17, 15) is 0 Å². The molecule has 0 bridgehead atoms. The summed E-state index contributed by atoms with van der Waals surface area (Å²) in [6.07, 6.45) is 1.59. The lowest BCUT2D eigenvalue weighted by Gasteiger charge is -2.17. The van der Waals surface area contributed by atoms with Crippen LogP contribution in [0.3, 0.4) is 0 Å². The Bertz CT molecular complexity index is 501. The van der Waals surface area contributed by atoms with Crippen LogP contribution in [0.15, 0.2) is 18.5 Å². The lowest BCUT2D eigenvalue weighted by atomic mass is 9.98. The van der Waals surface area contributed by atoms with E-state index in [1.54, 1.807) is 6.33 Å². The Hall–Kier alpha value is -1.58. The van der Waals surface area contributed by atoms with Gasteiger partial charge in [0.05, 0.1) is 0 Å². The molecule has 17 heavy (non-hydrogen) atoms. The molecule has 2 heterocycles. The number of pyridine rings is 1. The van der Waals surface area contributed by atoms with Gasteiger partial charge in [0.15, 0.2) is 5.65 Å². The highest BCUT2D eigenvalue weighted by molar-refractivity contribution is 5.51. The minimum Gasteiger partial charge on any atom is -0.370 e. The molecule has 1 unspecified atom stereocenters. The molecule has 0 saturated heterocycles. The monoisotopic (exact) mass is 232 g/mol. The maximum absolute atomic E-state index is 4.23. The summed E-state index contributed by atoms with van der Waals surface area (Å²) >= 11 is 0. The predicted octanol–water partition coefficient (Wildman–Crippen LogP) is 2.74. The third-order valence-corrected chi connectivity index (χ3v) is 3.27. The van der Waals surface area contributed by atoms with E-state index >= 15 is 0 Å². The highest BCUT2D eigenvalue weighted by Gasteiger charge is 2.08. The quantitative estimate of drug-likeness (QED) is 0.881. The second kappa shape index (κ2) is 4.73. The van der Waals surface area contributed by atoms with Gasteiger partial charge in [-0.2, -0.15) is 9.61 Å². The van der Waals surface area contributed by atoms with Crippen molar-refractivity contribution in [1.82, 2.24) is 14.6 Å². The second-order valence-corrected chi connectivity index (χ2v) is 5.05. The van der Waals surface area contributed by atoms with Gasteiger partial charge in [0.2, 0.25) is 0 Å². The Morgan fingerprint density at radius 3 is 2.76 bits per heavy atom. The molecule has 1 N–H and O–H groups in total. The molecule has 4 nitrogen and oxygen atoms in total. The van der Waals surface area contributed by atoms with Crippen molar-refractivity contribution in [3.63, 3.8) is 0 Å². The number of aryl methyl sites for hydroxylation is 1. The van der Waals surface area contributed by atoms with Crippen LogP contribution in [0.1, 0.15) is 26.3 Å². The van der Waals surface area contributed by atoms with Crippen LogP contribution >= 0.6 is 0 Å². The molecule has 4 heteroatoms. The lowest BCUT2D eigenvalue weighted by Crippen LogP contribution is -2.18. The van der Waals surface area contributed by atoms with Gasteiger partial charge in [-0.25, -0.2) is 4.98 Å². The van der Waals surface area contributed by atoms with Crippen LogP contribution in [0.5, 0.6) is 0 Å². The topological polar surface area (TPSA) is 42.2 Å². The molecule has 0 saturated carbocycles. The van der Waals surface area contributed by atoms with E-state index in [4.69, 9.17) is 0 Å². The molecule has 0 spiro atoms. The summed E-state index contributed by atoms with van der Waals surface area (Å²) in [5.41, 5.74) is 2.09. The molecule has 1 atom stereocenters. The molecular weight excluding hydrogens is 212 g/mol. The van der Waals surface area contributed by atoms with E-state index in [1.807, 2.05) is 10.6 Å². The van der Waals surface area contributed by atoms with Crippen LogP contribution in [0.4, 0.5) is 5.82 Å². The fourth-order valence-electron chi connectivity index (χ4n) is 1.68. The second-order valence-electron chi connectivity index (χ2n) is 5.05. The van der Waals surface area contributed by atoms with E-state index < -0.39 is 0 Å². The molecule has 0 aromatic carbocycles. The van der Waals surface area contributed by atoms with Crippen molar-refractivity contribution >= 4 is 11.5 Å². The van der Waals surface area contributed by atoms with Crippen LogP contribution in [0.25, 0.3) is 5.65 Å². The fraction of sp³-hybridized carbons (Fsp3) is 0.538. The Kier molecular flexibility index (Phi) is 3.31. The Morgan fingerprint density at radius 1 is 1.29 bits per heavy atom. The molecular formula is C13H20N4. The maximum Gasteiger partial charge on any atom is 0.157 e. The smallest absolute Gasteiger partial charge is 0.157 e. The molecule has 0 aliphatic rings. The van der Waals surface area contributed by atoms with Gasteiger partial charge in [0, 0.05) is 6.54 Å². The first kappa shape index (κ1) is 11.9. The molecule has 0 amide bonds. The summed E-state index contributed by atoms with van der Waals surface area (Å²) in [7, 11) is 0. The van der Waals surface area contributed by atoms with Crippen LogP contribution in [-0.2, 0) is 0 Å². The first-order valence-corrected chi connectivity index (χ1v) is 6.12. The van der Waals surface area contributed by atoms with Crippen LogP contribution in [-0.4, -0.2) is 21.1 Å². The normalized spacial score (nSPS) is 13.2. The van der Waals surface area contributed by atoms with Crippen molar-refractivity contribution in [2.24, 2.45) is 11.8 Å². The maximum atomic E-state index is 4.23. The third kappa shape index (κ3) is 2.57. The molecule has 0 aliphatic heterocycles. The number of nitrogens with zero attached hydrogens (tertiary/aromatic N) is 3. The largest absolute Gasteiger partial charge is 0.370 e. The molecule has 0 aliphatic carbocycles. The SMILES string of the molecule is Cc1cc(NCC(C)C(C)C)n2ncnc2c1. The van der Waals surface area contributed by atoms with E-state index in [0.717, 1.165) is 18.0 Å². The number of nitrogens with one attached hydrogen (secondary N) is 1. The number of fused-ring (bicyclic) bond motifs is 1. The van der Waals surface area contributed by atoms with Gasteiger partial charge in [-0.15, -0.1) is 0 Å². The Morgan fingerprint density at radius 2 is 2.06 bits per heavy atom. The molecule has 2 aromatic heterocycles. The average Bonchev–Trinajstić information content (AvgIpc) is 2.72. The number of rotatable bonds is 4. The van der Waals surface area contributed by atoms with Crippen molar-refractivity contribution in [2.75, 3.05) is 11.9 Å². The van der Waals surface area contributed by atoms with Gasteiger partial charge >= 0.3 is 0 Å². The first-order valence-electron chi connectivity index (χ1n) is 6.12. The van der Waals surface area contributed by atoms with Gasteiger partial charge in [0.25, 0.3) is 0 Å². The minimum absolute atomic E-state index is 0.633. The summed E-state index contributed by atoms with van der Waals surface area (Å²) < 4.78 is 1.85. The molecule has 92 valence electrons. The zero-order valence-corrected chi connectivity index (χ0v) is 10.9. The predicted molar refractivity (Wildman–Crippen MR) is 70.2 cm³/mol. The van der Waals surface area contributed by atoms with Crippen LogP contribution in [0, 0.1) is 18.8 Å². The molecule has 2 aromatic rings. The zero-order valence-electron chi connectivity index (χ0n) is 10.9. The van der Waals surface area contributed by atoms with E-state index in [0.29, 0.717) is 11.8 Å². The number of aromatic nitrogens is 3. The Labute approximate surface area is 102 Å². The van der Waals surface area contributed by atoms with Crippen molar-refractivity contribution in [1.29, 1.82) is 0 Å². The van der Waals surface area contributed by atoms with Crippen molar-refractivity contribution in [2.45, 2.75) is 27.7 Å². The molecule has 0 fully saturated rings. The zero-order chi connectivity index (χ0) is 12.4. The third-order valence-electron chi connectivity index (χ3n) is 3.27. The summed E-state index contributed by atoms with van der Waals surface area (Å²) in [4.78, 5) is 4.21. The van der Waals surface area contributed by atoms with Crippen LogP contribution in [0.2, 0.25) is 0 Å². The van der Waals surface area contributed by atoms with Crippen LogP contribution < -0.4 is 5.32 Å². The summed E-state index contributed by atoms with van der Waals surface area (Å²) in [6.45, 7) is 9.77. The number of hydrogen-bond donors (Lipinski definition) is 1. The minimum atomic E-state index is 0.633. The van der Waals surface area contributed by atoms with Gasteiger partial charge < -0.3 is 5.32 Å². The molecule has 2 rings (SSSR count). The fourth-order valence-corrected chi connectivity index (χ4v) is 1.68. The summed E-state index contributed by atoms with van der Waals surface area (Å²) in [6, 6.07) is 4.14. The summed E-state index contributed by atoms with van der Waals surface area (Å²) in [5.74, 6) is 2.33. The van der Waals surface area contributed by atoms with Crippen molar-refractivity contribution in [3.8, 4) is 0 Å². The van der Waals surface area contributed by atoms with Gasteiger partial charge in [-0.05, 0) is 36.5 Å². The lowest BCUT2D eigenvalue weighted by molar-refractivity contribution is 0.439. The van der Waals surface area contributed by atoms with E-state index in [-0.39, 0.29) is 0 Å². The van der Waals surface area contributed by atoms with Crippen molar-refractivity contribution in [3.05, 3.63) is 24.0 Å². The van der Waals surface area contributed by atoms with Crippen molar-refractivity contribution < 1.29 is 0 Å². The highest BCUT2D eigenvalue weighted by Crippen LogP contribution is 2.15. The Balaban J connectivity index is 2.20. The van der Waals surface area contributed by atoms with Gasteiger partial charge in [0.1, 0.15) is 12.1 Å². The van der Waals surface area contributed by atoms with Gasteiger partial charge in [-0.1, -0.05) is 20.8 Å². The number of hydrogen-bond acceptors (Lipinski definition) is 3. The average molecular weight is 232 g/mol. The van der Waals surface area contributed by atoms with Gasteiger partial charge in [-0.3, -0.25) is 0 Å². The number of anilines is 1. The molecule has 0 radical (unpaired) electrons. The van der Waals surface area contributed by atoms with E-state index in [2.05, 4.69) is 49.2 Å². The summed E-state index contributed by atoms with van der Waals surface area (Å²) in [5, 5.41) is 7.68. The highest BCUT2D eigenvalue weighted by atomic mass is 15.3.